The highest BCUT2D eigenvalue weighted by Crippen LogP contribution is 2.31. The number of nitrogens with one attached hydrogen (secondary N) is 6. The number of anilines is 2. The van der Waals surface area contributed by atoms with Gasteiger partial charge in [-0.15, -0.1) is 0 Å². The molecule has 34 heavy (non-hydrogen) atoms. The van der Waals surface area contributed by atoms with Crippen LogP contribution in [0.5, 0.6) is 0 Å². The van der Waals surface area contributed by atoms with Crippen LogP contribution in [0.3, 0.4) is 0 Å². The molecule has 0 atom stereocenters. The van der Waals surface area contributed by atoms with Crippen molar-refractivity contribution in [3.63, 3.8) is 0 Å². The molecule has 0 spiro atoms. The van der Waals surface area contributed by atoms with Crippen molar-refractivity contribution < 1.29 is 45.5 Å². The third-order valence-corrected chi connectivity index (χ3v) is 3.68. The van der Waals surface area contributed by atoms with Crippen molar-refractivity contribution >= 4 is 35.3 Å². The molecule has 0 unspecified atom stereocenters. The largest absolute Gasteiger partial charge is 0.416 e. The fourth-order valence-electron chi connectivity index (χ4n) is 2.21. The van der Waals surface area contributed by atoms with Gasteiger partial charge in [-0.2, -0.15) is 26.3 Å². The molecule has 2 aromatic carbocycles. The Morgan fingerprint density at radius 3 is 1.24 bits per heavy atom. The van der Waals surface area contributed by atoms with Crippen LogP contribution >= 0.6 is 0 Å². The van der Waals surface area contributed by atoms with E-state index in [2.05, 4.69) is 0 Å². The van der Waals surface area contributed by atoms with Gasteiger partial charge in [0.2, 0.25) is 0 Å². The van der Waals surface area contributed by atoms with Gasteiger partial charge < -0.3 is 10.6 Å². The summed E-state index contributed by atoms with van der Waals surface area (Å²) in [6.07, 6.45) is -9.30. The van der Waals surface area contributed by atoms with Gasteiger partial charge >= 0.3 is 36.2 Å². The number of urea groups is 2. The number of carbonyl (C=O) groups is 4. The molecule has 182 valence electrons. The van der Waals surface area contributed by atoms with Gasteiger partial charge in [0.25, 0.3) is 0 Å². The first-order chi connectivity index (χ1) is 15.8. The average Bonchev–Trinajstić information content (AvgIpc) is 2.75. The third-order valence-electron chi connectivity index (χ3n) is 3.68. The van der Waals surface area contributed by atoms with Crippen molar-refractivity contribution in [2.75, 3.05) is 10.6 Å². The van der Waals surface area contributed by atoms with Crippen molar-refractivity contribution in [2.24, 2.45) is 0 Å². The molecule has 6 N–H and O–H groups in total. The van der Waals surface area contributed by atoms with Gasteiger partial charge in [-0.3, -0.25) is 20.4 Å². The summed E-state index contributed by atoms with van der Waals surface area (Å²) in [7, 11) is 0. The molecule has 0 saturated heterocycles. The molecule has 6 amide bonds. The second-order valence-corrected chi connectivity index (χ2v) is 6.22. The van der Waals surface area contributed by atoms with Crippen LogP contribution in [0.4, 0.5) is 47.3 Å². The van der Waals surface area contributed by atoms with Crippen LogP contribution in [0, 0.1) is 0 Å². The normalized spacial score (nSPS) is 11.1. The maximum atomic E-state index is 12.7. The number of hydrogen-bond donors (Lipinski definition) is 6. The molecule has 10 nitrogen and oxygen atoms in total. The van der Waals surface area contributed by atoms with Gasteiger partial charge in [0.1, 0.15) is 0 Å². The smallest absolute Gasteiger partial charge is 0.307 e. The standard InChI is InChI=1S/C18H14F6N6O4/c19-17(20,21)9-3-1-5-11(7-9)25-15(33)29-27-13(31)14(32)28-30-16(34)26-12-6-2-4-10(8-12)18(22,23)24/h1-8H,(H,27,31)(H,28,32)(H2,25,29,33)(H2,26,30,34). The van der Waals surface area contributed by atoms with Gasteiger partial charge in [0, 0.05) is 11.4 Å². The number of hydrazine groups is 2. The van der Waals surface area contributed by atoms with Crippen molar-refractivity contribution in [2.45, 2.75) is 12.4 Å². The van der Waals surface area contributed by atoms with Gasteiger partial charge in [-0.25, -0.2) is 20.4 Å². The van der Waals surface area contributed by atoms with E-state index in [1.54, 1.807) is 21.7 Å². The summed E-state index contributed by atoms with van der Waals surface area (Å²) in [5.41, 5.74) is 4.00. The lowest BCUT2D eigenvalue weighted by molar-refractivity contribution is -0.140. The van der Waals surface area contributed by atoms with E-state index in [1.165, 1.54) is 0 Å². The van der Waals surface area contributed by atoms with E-state index < -0.39 is 47.4 Å². The van der Waals surface area contributed by atoms with E-state index in [-0.39, 0.29) is 11.4 Å². The summed E-state index contributed by atoms with van der Waals surface area (Å²) in [5.74, 6) is -3.00. The Kier molecular flexibility index (Phi) is 7.89. The summed E-state index contributed by atoms with van der Waals surface area (Å²) < 4.78 is 75.9. The van der Waals surface area contributed by atoms with Gasteiger partial charge in [0.05, 0.1) is 11.1 Å². The molecule has 0 saturated carbocycles. The summed E-state index contributed by atoms with van der Waals surface area (Å²) in [4.78, 5) is 46.5. The van der Waals surface area contributed by atoms with Crippen LogP contribution in [-0.4, -0.2) is 23.9 Å². The zero-order valence-electron chi connectivity index (χ0n) is 16.5. The lowest BCUT2D eigenvalue weighted by Crippen LogP contribution is -2.54. The molecule has 0 heterocycles. The fourth-order valence-corrected chi connectivity index (χ4v) is 2.21. The van der Waals surface area contributed by atoms with E-state index in [0.29, 0.717) is 12.1 Å². The molecule has 0 bridgehead atoms. The molecule has 0 aliphatic heterocycles. The van der Waals surface area contributed by atoms with Crippen LogP contribution in [-0.2, 0) is 21.9 Å². The predicted molar refractivity (Wildman–Crippen MR) is 103 cm³/mol. The number of hydrogen-bond acceptors (Lipinski definition) is 4. The second-order valence-electron chi connectivity index (χ2n) is 6.22. The number of benzene rings is 2. The average molecular weight is 492 g/mol. The third kappa shape index (κ3) is 7.88. The molecule has 16 heteroatoms. The van der Waals surface area contributed by atoms with Gasteiger partial charge in [-0.05, 0) is 36.4 Å². The number of alkyl halides is 6. The first-order valence-corrected chi connectivity index (χ1v) is 8.84. The highest BCUT2D eigenvalue weighted by atomic mass is 19.4. The first-order valence-electron chi connectivity index (χ1n) is 8.84. The molecule has 0 aliphatic rings. The van der Waals surface area contributed by atoms with Crippen molar-refractivity contribution in [3.8, 4) is 0 Å². The minimum Gasteiger partial charge on any atom is -0.307 e. The minimum absolute atomic E-state index is 0.265. The predicted octanol–water partition coefficient (Wildman–Crippen LogP) is 2.73. The number of amides is 6. The SMILES string of the molecule is O=C(NNC(=O)C(=O)NNC(=O)Nc1cccc(C(F)(F)F)c1)Nc1cccc(C(F)(F)F)c1. The van der Waals surface area contributed by atoms with E-state index in [9.17, 15) is 45.5 Å². The summed E-state index contributed by atoms with van der Waals surface area (Å²) >= 11 is 0. The molecule has 2 aromatic rings. The number of halogens is 6. The summed E-state index contributed by atoms with van der Waals surface area (Å²) in [6.45, 7) is 0. The van der Waals surface area contributed by atoms with Crippen LogP contribution in [0.2, 0.25) is 0 Å². The van der Waals surface area contributed by atoms with E-state index in [1.807, 2.05) is 10.6 Å². The van der Waals surface area contributed by atoms with E-state index in [0.717, 1.165) is 36.4 Å². The maximum Gasteiger partial charge on any atom is 0.416 e. The van der Waals surface area contributed by atoms with Crippen LogP contribution in [0.1, 0.15) is 11.1 Å². The zero-order valence-corrected chi connectivity index (χ0v) is 16.5. The monoisotopic (exact) mass is 492 g/mol. The molecule has 0 aromatic heterocycles. The summed E-state index contributed by atoms with van der Waals surface area (Å²) in [5, 5.41) is 3.97. The minimum atomic E-state index is -4.65. The Morgan fingerprint density at radius 1 is 0.559 bits per heavy atom. The molecule has 0 fully saturated rings. The first kappa shape index (κ1) is 25.8. The maximum absolute atomic E-state index is 12.7. The molecule has 0 radical (unpaired) electrons. The van der Waals surface area contributed by atoms with Gasteiger partial charge in [0.15, 0.2) is 0 Å². The number of rotatable bonds is 2. The van der Waals surface area contributed by atoms with E-state index in [4.69, 9.17) is 0 Å². The Morgan fingerprint density at radius 2 is 0.912 bits per heavy atom. The Labute approximate surface area is 186 Å². The zero-order chi connectivity index (χ0) is 25.5. The highest BCUT2D eigenvalue weighted by molar-refractivity contribution is 6.35. The highest BCUT2D eigenvalue weighted by Gasteiger charge is 2.31. The van der Waals surface area contributed by atoms with Crippen LogP contribution < -0.4 is 32.3 Å². The quantitative estimate of drug-likeness (QED) is 0.218. The second kappa shape index (κ2) is 10.4. The van der Waals surface area contributed by atoms with Crippen LogP contribution in [0.15, 0.2) is 48.5 Å². The topological polar surface area (TPSA) is 140 Å². The molecular weight excluding hydrogens is 478 g/mol. The fraction of sp³-hybridized carbons (Fsp3) is 0.111. The Balaban J connectivity index is 1.78. The van der Waals surface area contributed by atoms with Crippen molar-refractivity contribution in [1.29, 1.82) is 0 Å². The van der Waals surface area contributed by atoms with Gasteiger partial charge in [-0.1, -0.05) is 12.1 Å². The summed E-state index contributed by atoms with van der Waals surface area (Å²) in [6, 6.07) is 4.72. The van der Waals surface area contributed by atoms with Crippen molar-refractivity contribution in [3.05, 3.63) is 59.7 Å². The Bertz CT molecular complexity index is 1000. The lowest BCUT2D eigenvalue weighted by Gasteiger charge is -2.12. The van der Waals surface area contributed by atoms with Crippen LogP contribution in [0.25, 0.3) is 0 Å². The van der Waals surface area contributed by atoms with E-state index >= 15 is 0 Å². The number of carbonyl (C=O) groups excluding carboxylic acids is 4. The molecule has 0 aliphatic carbocycles. The molecule has 2 rings (SSSR count). The molecular formula is C18H14F6N6O4. The Hall–Kier alpha value is -4.50. The lowest BCUT2D eigenvalue weighted by atomic mass is 10.2. The van der Waals surface area contributed by atoms with Crippen molar-refractivity contribution in [1.82, 2.24) is 21.7 Å².